The molecule has 0 radical (unpaired) electrons. The zero-order valence-electron chi connectivity index (χ0n) is 9.67. The molecule has 0 saturated heterocycles. The van der Waals surface area contributed by atoms with Gasteiger partial charge in [0.25, 0.3) is 0 Å². The highest BCUT2D eigenvalue weighted by atomic mass is 79.9. The van der Waals surface area contributed by atoms with E-state index in [2.05, 4.69) is 22.9 Å². The summed E-state index contributed by atoms with van der Waals surface area (Å²) in [5.74, 6) is -0.863. The van der Waals surface area contributed by atoms with Crippen molar-refractivity contribution in [3.63, 3.8) is 0 Å². The van der Waals surface area contributed by atoms with Gasteiger partial charge in [-0.15, -0.1) is 0 Å². The molecule has 0 aromatic rings. The first-order valence-electron chi connectivity index (χ1n) is 6.01. The van der Waals surface area contributed by atoms with E-state index in [1.54, 1.807) is 0 Å². The van der Waals surface area contributed by atoms with Crippen molar-refractivity contribution in [2.75, 3.05) is 5.33 Å². The Labute approximate surface area is 102 Å². The van der Waals surface area contributed by atoms with Gasteiger partial charge in [-0.3, -0.25) is 4.79 Å². The summed E-state index contributed by atoms with van der Waals surface area (Å²) in [5, 5.41) is 9.40. The Balaban J connectivity index is 3.25. The van der Waals surface area contributed by atoms with E-state index in [9.17, 15) is 4.79 Å². The molecule has 15 heavy (non-hydrogen) atoms. The summed E-state index contributed by atoms with van der Waals surface area (Å²) < 4.78 is 0. The SMILES string of the molecule is CCCCCCCCCC(CBr)C(=O)O. The molecular formula is C12H23BrO2. The van der Waals surface area contributed by atoms with E-state index < -0.39 is 5.97 Å². The lowest BCUT2D eigenvalue weighted by Gasteiger charge is -2.07. The molecule has 2 nitrogen and oxygen atoms in total. The van der Waals surface area contributed by atoms with Gasteiger partial charge in [0.15, 0.2) is 0 Å². The molecule has 1 N–H and O–H groups in total. The Hall–Kier alpha value is -0.0500. The molecule has 0 spiro atoms. The third kappa shape index (κ3) is 8.91. The minimum Gasteiger partial charge on any atom is -0.481 e. The fourth-order valence-electron chi connectivity index (χ4n) is 1.61. The number of rotatable bonds is 10. The third-order valence-corrected chi connectivity index (χ3v) is 3.47. The van der Waals surface area contributed by atoms with Gasteiger partial charge in [-0.1, -0.05) is 67.8 Å². The quantitative estimate of drug-likeness (QED) is 0.480. The van der Waals surface area contributed by atoms with Gasteiger partial charge in [0.05, 0.1) is 5.92 Å². The van der Waals surface area contributed by atoms with Crippen molar-refractivity contribution in [3.05, 3.63) is 0 Å². The molecule has 0 rings (SSSR count). The topological polar surface area (TPSA) is 37.3 Å². The van der Waals surface area contributed by atoms with Crippen LogP contribution in [0.1, 0.15) is 58.3 Å². The maximum atomic E-state index is 10.7. The van der Waals surface area contributed by atoms with Crippen molar-refractivity contribution >= 4 is 21.9 Å². The van der Waals surface area contributed by atoms with E-state index in [-0.39, 0.29) is 5.92 Å². The molecule has 0 bridgehead atoms. The van der Waals surface area contributed by atoms with E-state index in [1.807, 2.05) is 0 Å². The minimum absolute atomic E-state index is 0.194. The van der Waals surface area contributed by atoms with Gasteiger partial charge in [0.2, 0.25) is 0 Å². The number of carbonyl (C=O) groups is 1. The predicted molar refractivity (Wildman–Crippen MR) is 67.5 cm³/mol. The average Bonchev–Trinajstić information content (AvgIpc) is 2.21. The van der Waals surface area contributed by atoms with Crippen molar-refractivity contribution in [1.82, 2.24) is 0 Å². The van der Waals surface area contributed by atoms with Crippen molar-refractivity contribution in [2.24, 2.45) is 5.92 Å². The highest BCUT2D eigenvalue weighted by Crippen LogP contribution is 2.14. The lowest BCUT2D eigenvalue weighted by molar-refractivity contribution is -0.141. The van der Waals surface area contributed by atoms with Crippen LogP contribution in [0.3, 0.4) is 0 Å². The summed E-state index contributed by atoms with van der Waals surface area (Å²) in [4.78, 5) is 10.7. The van der Waals surface area contributed by atoms with Gasteiger partial charge < -0.3 is 5.11 Å². The van der Waals surface area contributed by atoms with Crippen LogP contribution in [0.4, 0.5) is 0 Å². The van der Waals surface area contributed by atoms with Crippen LogP contribution in [0.5, 0.6) is 0 Å². The van der Waals surface area contributed by atoms with Gasteiger partial charge in [0, 0.05) is 5.33 Å². The van der Waals surface area contributed by atoms with E-state index in [0.29, 0.717) is 5.33 Å². The zero-order chi connectivity index (χ0) is 11.5. The molecule has 0 aliphatic rings. The lowest BCUT2D eigenvalue weighted by atomic mass is 10.0. The number of aliphatic carboxylic acids is 1. The summed E-state index contributed by atoms with van der Waals surface area (Å²) >= 11 is 3.24. The monoisotopic (exact) mass is 278 g/mol. The first kappa shape index (κ1) is 14.9. The highest BCUT2D eigenvalue weighted by molar-refractivity contribution is 9.09. The molecular weight excluding hydrogens is 256 g/mol. The zero-order valence-corrected chi connectivity index (χ0v) is 11.3. The largest absolute Gasteiger partial charge is 0.481 e. The maximum absolute atomic E-state index is 10.7. The summed E-state index contributed by atoms with van der Waals surface area (Å²) in [5.41, 5.74) is 0. The summed E-state index contributed by atoms with van der Waals surface area (Å²) in [6, 6.07) is 0. The Kier molecular flexibility index (Phi) is 10.4. The molecule has 0 heterocycles. The smallest absolute Gasteiger partial charge is 0.307 e. The van der Waals surface area contributed by atoms with Crippen molar-refractivity contribution < 1.29 is 9.90 Å². The maximum Gasteiger partial charge on any atom is 0.307 e. The molecule has 3 heteroatoms. The molecule has 90 valence electrons. The molecule has 1 atom stereocenters. The van der Waals surface area contributed by atoms with Gasteiger partial charge in [-0.25, -0.2) is 0 Å². The Bertz CT molecular complexity index is 160. The van der Waals surface area contributed by atoms with E-state index in [4.69, 9.17) is 5.11 Å². The number of carboxylic acid groups (broad SMARTS) is 1. The average molecular weight is 279 g/mol. The second kappa shape index (κ2) is 10.5. The van der Waals surface area contributed by atoms with Gasteiger partial charge in [-0.2, -0.15) is 0 Å². The summed E-state index contributed by atoms with van der Waals surface area (Å²) in [6.07, 6.45) is 9.55. The molecule has 0 amide bonds. The second-order valence-corrected chi connectivity index (χ2v) is 4.75. The second-order valence-electron chi connectivity index (χ2n) is 4.10. The van der Waals surface area contributed by atoms with E-state index in [0.717, 1.165) is 12.8 Å². The van der Waals surface area contributed by atoms with E-state index >= 15 is 0 Å². The number of alkyl halides is 1. The molecule has 1 unspecified atom stereocenters. The molecule has 0 aromatic carbocycles. The fraction of sp³-hybridized carbons (Fsp3) is 0.917. The van der Waals surface area contributed by atoms with Crippen LogP contribution in [-0.2, 0) is 4.79 Å². The number of carboxylic acids is 1. The number of hydrogen-bond acceptors (Lipinski definition) is 1. The molecule has 0 fully saturated rings. The number of unbranched alkanes of at least 4 members (excludes halogenated alkanes) is 6. The predicted octanol–water partition coefficient (Wildman–Crippen LogP) is 4.22. The van der Waals surface area contributed by atoms with Crippen LogP contribution in [-0.4, -0.2) is 16.4 Å². The van der Waals surface area contributed by atoms with Crippen molar-refractivity contribution in [1.29, 1.82) is 0 Å². The number of hydrogen-bond donors (Lipinski definition) is 1. The normalized spacial score (nSPS) is 12.7. The minimum atomic E-state index is -0.669. The molecule has 0 aliphatic heterocycles. The number of halogens is 1. The van der Waals surface area contributed by atoms with Crippen LogP contribution in [0.15, 0.2) is 0 Å². The standard InChI is InChI=1S/C12H23BrO2/c1-2-3-4-5-6-7-8-9-11(10-13)12(14)15/h11H,2-10H2,1H3,(H,14,15). The van der Waals surface area contributed by atoms with Gasteiger partial charge in [-0.05, 0) is 6.42 Å². The lowest BCUT2D eigenvalue weighted by Crippen LogP contribution is -2.14. The van der Waals surface area contributed by atoms with Crippen LogP contribution >= 0.6 is 15.9 Å². The molecule has 0 aliphatic carbocycles. The van der Waals surface area contributed by atoms with Crippen LogP contribution in [0, 0.1) is 5.92 Å². The Morgan fingerprint density at radius 3 is 2.13 bits per heavy atom. The summed E-state index contributed by atoms with van der Waals surface area (Å²) in [6.45, 7) is 2.22. The Morgan fingerprint density at radius 2 is 1.67 bits per heavy atom. The van der Waals surface area contributed by atoms with Crippen LogP contribution < -0.4 is 0 Å². The first-order valence-corrected chi connectivity index (χ1v) is 7.13. The molecule has 0 saturated carbocycles. The van der Waals surface area contributed by atoms with Crippen LogP contribution in [0.2, 0.25) is 0 Å². The van der Waals surface area contributed by atoms with Gasteiger partial charge in [0.1, 0.15) is 0 Å². The fourth-order valence-corrected chi connectivity index (χ4v) is 2.22. The highest BCUT2D eigenvalue weighted by Gasteiger charge is 2.14. The van der Waals surface area contributed by atoms with Gasteiger partial charge >= 0.3 is 5.97 Å². The van der Waals surface area contributed by atoms with E-state index in [1.165, 1.54) is 38.5 Å². The van der Waals surface area contributed by atoms with Crippen molar-refractivity contribution in [3.8, 4) is 0 Å². The summed E-state index contributed by atoms with van der Waals surface area (Å²) in [7, 11) is 0. The first-order chi connectivity index (χ1) is 7.22. The van der Waals surface area contributed by atoms with Crippen LogP contribution in [0.25, 0.3) is 0 Å². The third-order valence-electron chi connectivity index (χ3n) is 2.69. The Morgan fingerprint density at radius 1 is 1.13 bits per heavy atom. The van der Waals surface area contributed by atoms with Crippen molar-refractivity contribution in [2.45, 2.75) is 58.3 Å². The molecule has 0 aromatic heterocycles.